The van der Waals surface area contributed by atoms with E-state index >= 15 is 0 Å². The molecule has 2 aliphatic rings. The van der Waals surface area contributed by atoms with Crippen molar-refractivity contribution < 1.29 is 23.9 Å². The van der Waals surface area contributed by atoms with Crippen molar-refractivity contribution in [2.24, 2.45) is 15.9 Å². The van der Waals surface area contributed by atoms with Gasteiger partial charge in [-0.3, -0.25) is 14.8 Å². The number of carbonyl (C=O) groups is 1. The zero-order chi connectivity index (χ0) is 43.9. The van der Waals surface area contributed by atoms with Crippen molar-refractivity contribution in [3.63, 3.8) is 0 Å². The minimum Gasteiger partial charge on any atom is -0.491 e. The van der Waals surface area contributed by atoms with Crippen LogP contribution in [0.15, 0.2) is 80.3 Å². The Morgan fingerprint density at radius 1 is 0.644 bits per heavy atom. The molecule has 0 bridgehead atoms. The predicted octanol–water partition coefficient (Wildman–Crippen LogP) is 12.6. The molecule has 1 aromatic heterocycles. The second kappa shape index (κ2) is 20.4. The number of benzene rings is 3. The lowest BCUT2D eigenvalue weighted by Gasteiger charge is -2.18. The van der Waals surface area contributed by atoms with Gasteiger partial charge in [-0.25, -0.2) is 0 Å². The van der Waals surface area contributed by atoms with Gasteiger partial charge in [0.15, 0.2) is 5.78 Å². The molecule has 59 heavy (non-hydrogen) atoms. The van der Waals surface area contributed by atoms with Gasteiger partial charge in [0, 0.05) is 39.6 Å². The third kappa shape index (κ3) is 12.3. The molecule has 2 unspecified atom stereocenters. The molecule has 8 heteroatoms. The lowest BCUT2D eigenvalue weighted by molar-refractivity contribution is 0.0178. The summed E-state index contributed by atoms with van der Waals surface area (Å²) in [4.78, 5) is 21.1. The number of allylic oxidation sites excluding steroid dienone is 2. The fourth-order valence-electron chi connectivity index (χ4n) is 7.64. The van der Waals surface area contributed by atoms with E-state index in [0.717, 1.165) is 80.7 Å². The molecule has 4 aromatic rings. The molecule has 2 aliphatic heterocycles. The van der Waals surface area contributed by atoms with Gasteiger partial charge in [0.05, 0.1) is 43.2 Å². The summed E-state index contributed by atoms with van der Waals surface area (Å²) in [5.41, 5.74) is 17.7. The first-order valence-corrected chi connectivity index (χ1v) is 21.0. The standard InChI is InChI=1S/2C17H23NO2.C17H21NO/c1-10(2)20-16-7-14(13(5)19)6-15(8-16)17-11(3)9-18-12(17)4;1-10(2)19-13(5)15-7-11(3)8-16(9-15)17-12(4)18-20-14(17)6;1-10(2)17(19)15-7-11(3)6-14(8-15)16-12(4)9-18-13(16)5/h6-8,10,13,19H,9H2,1-5H3;7-10,13H,1-6H3;6-8,10H,9H2,1-5H3. The minimum absolute atomic E-state index is 0.0306. The number of nitrogens with zero attached hydrogens (tertiary/aromatic N) is 3. The number of ether oxygens (including phenoxy) is 2. The summed E-state index contributed by atoms with van der Waals surface area (Å²) in [6.07, 6.45) is -0.105. The molecule has 0 fully saturated rings. The molecule has 0 saturated heterocycles. The molecule has 3 aromatic carbocycles. The molecule has 0 spiro atoms. The van der Waals surface area contributed by atoms with Gasteiger partial charge in [-0.1, -0.05) is 42.8 Å². The average molecular weight is 802 g/mol. The van der Waals surface area contributed by atoms with Crippen LogP contribution in [0, 0.1) is 33.6 Å². The maximum atomic E-state index is 12.2. The zero-order valence-electron chi connectivity index (χ0n) is 38.4. The van der Waals surface area contributed by atoms with Crippen molar-refractivity contribution >= 4 is 28.4 Å². The highest BCUT2D eigenvalue weighted by atomic mass is 16.5. The quantitative estimate of drug-likeness (QED) is 0.151. The topological polar surface area (TPSA) is 107 Å². The summed E-state index contributed by atoms with van der Waals surface area (Å²) < 4.78 is 17.0. The highest BCUT2D eigenvalue weighted by Gasteiger charge is 2.20. The summed E-state index contributed by atoms with van der Waals surface area (Å²) in [5.74, 6) is 1.89. The van der Waals surface area contributed by atoms with Gasteiger partial charge in [0.1, 0.15) is 11.5 Å². The van der Waals surface area contributed by atoms with E-state index < -0.39 is 6.10 Å². The van der Waals surface area contributed by atoms with Gasteiger partial charge in [-0.2, -0.15) is 0 Å². The first kappa shape index (κ1) is 46.8. The van der Waals surface area contributed by atoms with Crippen molar-refractivity contribution in [1.82, 2.24) is 5.16 Å². The summed E-state index contributed by atoms with van der Waals surface area (Å²) in [6.45, 7) is 33.8. The fraction of sp³-hybridized carbons (Fsp3) is 0.451. The Kier molecular flexibility index (Phi) is 16.1. The van der Waals surface area contributed by atoms with Crippen LogP contribution >= 0.6 is 0 Å². The first-order valence-electron chi connectivity index (χ1n) is 21.0. The van der Waals surface area contributed by atoms with Gasteiger partial charge >= 0.3 is 0 Å². The number of aliphatic imine (C=N–C) groups is 2. The van der Waals surface area contributed by atoms with Crippen LogP contribution in [0.5, 0.6) is 5.75 Å². The van der Waals surface area contributed by atoms with Crippen LogP contribution in [0.3, 0.4) is 0 Å². The minimum atomic E-state index is -0.510. The lowest BCUT2D eigenvalue weighted by Crippen LogP contribution is -2.08. The summed E-state index contributed by atoms with van der Waals surface area (Å²) in [5, 5.41) is 13.9. The number of aromatic nitrogens is 1. The van der Waals surface area contributed by atoms with E-state index in [1.54, 1.807) is 6.92 Å². The second-order valence-corrected chi connectivity index (χ2v) is 17.0. The highest BCUT2D eigenvalue weighted by Crippen LogP contribution is 2.33. The number of aliphatic hydroxyl groups is 1. The maximum absolute atomic E-state index is 12.2. The lowest BCUT2D eigenvalue weighted by atomic mass is 9.92. The third-order valence-corrected chi connectivity index (χ3v) is 10.3. The van der Waals surface area contributed by atoms with Crippen LogP contribution < -0.4 is 4.74 Å². The van der Waals surface area contributed by atoms with Crippen molar-refractivity contribution in [1.29, 1.82) is 0 Å². The third-order valence-electron chi connectivity index (χ3n) is 10.3. The highest BCUT2D eigenvalue weighted by molar-refractivity contribution is 6.26. The van der Waals surface area contributed by atoms with Crippen molar-refractivity contribution in [3.8, 4) is 16.9 Å². The second-order valence-electron chi connectivity index (χ2n) is 17.0. The predicted molar refractivity (Wildman–Crippen MR) is 245 cm³/mol. The Hall–Kier alpha value is -4.92. The van der Waals surface area contributed by atoms with Crippen molar-refractivity contribution in [2.45, 2.75) is 135 Å². The van der Waals surface area contributed by atoms with Crippen LogP contribution in [-0.2, 0) is 4.74 Å². The van der Waals surface area contributed by atoms with Crippen molar-refractivity contribution in [2.75, 3.05) is 13.1 Å². The molecule has 0 saturated carbocycles. The van der Waals surface area contributed by atoms with E-state index in [2.05, 4.69) is 80.9 Å². The average Bonchev–Trinajstić information content (AvgIpc) is 3.79. The van der Waals surface area contributed by atoms with E-state index in [0.29, 0.717) is 0 Å². The van der Waals surface area contributed by atoms with Crippen molar-refractivity contribution in [3.05, 3.63) is 116 Å². The Labute approximate surface area is 353 Å². The Morgan fingerprint density at radius 3 is 1.66 bits per heavy atom. The molecule has 3 heterocycles. The van der Waals surface area contributed by atoms with E-state index in [1.165, 1.54) is 33.4 Å². The Morgan fingerprint density at radius 2 is 1.19 bits per heavy atom. The number of ketones is 1. The summed E-state index contributed by atoms with van der Waals surface area (Å²) >= 11 is 0. The number of carbonyl (C=O) groups excluding carboxylic acids is 1. The van der Waals surface area contributed by atoms with Crippen LogP contribution in [0.1, 0.15) is 150 Å². The Bertz CT molecular complexity index is 2240. The maximum Gasteiger partial charge on any atom is 0.165 e. The van der Waals surface area contributed by atoms with Gasteiger partial charge in [-0.15, -0.1) is 0 Å². The number of Topliss-reactive ketones (excluding diaryl/α,β-unsaturated/α-hetero) is 1. The molecule has 316 valence electrons. The number of aliphatic hydroxyl groups excluding tert-OH is 1. The zero-order valence-corrected chi connectivity index (χ0v) is 38.4. The van der Waals surface area contributed by atoms with E-state index in [4.69, 9.17) is 14.0 Å². The molecule has 0 amide bonds. The molecular formula is C51H67N3O5. The molecule has 8 nitrogen and oxygen atoms in total. The molecule has 6 rings (SSSR count). The molecule has 0 radical (unpaired) electrons. The largest absolute Gasteiger partial charge is 0.491 e. The monoisotopic (exact) mass is 802 g/mol. The number of hydrogen-bond donors (Lipinski definition) is 1. The number of rotatable bonds is 11. The van der Waals surface area contributed by atoms with Crippen LogP contribution in [0.4, 0.5) is 0 Å². The van der Waals surface area contributed by atoms with Gasteiger partial charge in [0.2, 0.25) is 0 Å². The summed E-state index contributed by atoms with van der Waals surface area (Å²) in [6, 6.07) is 18.6. The normalized spacial score (nSPS) is 14.9. The SMILES string of the molecule is CC1=NCC(C)=C1c1cc(C)cc(C(=O)C(C)C)c1.CC1=NCC(C)=C1c1cc(OC(C)C)cc(C(C)O)c1.Cc1cc(-c2c(C)noc2C)cc(C(C)OC(C)C)c1. The molecular weight excluding hydrogens is 735 g/mol. The van der Waals surface area contributed by atoms with Crippen LogP contribution in [0.2, 0.25) is 0 Å². The Balaban J connectivity index is 0.000000196. The number of hydrogen-bond acceptors (Lipinski definition) is 8. The van der Waals surface area contributed by atoms with Gasteiger partial charge in [-0.05, 0) is 178 Å². The van der Waals surface area contributed by atoms with E-state index in [9.17, 15) is 9.90 Å². The van der Waals surface area contributed by atoms with Gasteiger partial charge < -0.3 is 19.1 Å². The first-order chi connectivity index (χ1) is 27.7. The van der Waals surface area contributed by atoms with Crippen LogP contribution in [0.25, 0.3) is 22.3 Å². The van der Waals surface area contributed by atoms with Gasteiger partial charge in [0.25, 0.3) is 0 Å². The smallest absolute Gasteiger partial charge is 0.165 e. The van der Waals surface area contributed by atoms with Crippen LogP contribution in [-0.4, -0.2) is 52.8 Å². The number of aryl methyl sites for hydroxylation is 4. The van der Waals surface area contributed by atoms with E-state index in [-0.39, 0.29) is 30.0 Å². The van der Waals surface area contributed by atoms with E-state index in [1.807, 2.05) is 92.6 Å². The molecule has 0 aliphatic carbocycles. The molecule has 2 atom stereocenters. The molecule has 1 N–H and O–H groups in total. The summed E-state index contributed by atoms with van der Waals surface area (Å²) in [7, 11) is 0. The fourth-order valence-corrected chi connectivity index (χ4v) is 7.64.